The first-order valence-corrected chi connectivity index (χ1v) is 7.83. The SMILES string of the molecule is O=C(c1ccccc1)c1c(-c2cccs2)nn2ccccc12. The number of carbonyl (C=O) groups is 1. The summed E-state index contributed by atoms with van der Waals surface area (Å²) in [6, 6.07) is 19.1. The van der Waals surface area contributed by atoms with E-state index < -0.39 is 0 Å². The van der Waals surface area contributed by atoms with Gasteiger partial charge in [0.2, 0.25) is 0 Å². The van der Waals surface area contributed by atoms with Gasteiger partial charge in [0.05, 0.1) is 16.0 Å². The molecule has 0 aliphatic carbocycles. The second kappa shape index (κ2) is 5.24. The number of fused-ring (bicyclic) bond motifs is 1. The predicted molar refractivity (Wildman–Crippen MR) is 88.4 cm³/mol. The van der Waals surface area contributed by atoms with E-state index in [2.05, 4.69) is 5.10 Å². The Bertz CT molecular complexity index is 940. The van der Waals surface area contributed by atoms with Crippen LogP contribution in [0.4, 0.5) is 0 Å². The first kappa shape index (κ1) is 13.0. The van der Waals surface area contributed by atoms with Crippen molar-refractivity contribution in [3.63, 3.8) is 0 Å². The zero-order valence-corrected chi connectivity index (χ0v) is 12.5. The molecular formula is C18H12N2OS. The van der Waals surface area contributed by atoms with Gasteiger partial charge in [0.15, 0.2) is 5.78 Å². The Morgan fingerprint density at radius 3 is 2.55 bits per heavy atom. The molecule has 0 aliphatic heterocycles. The summed E-state index contributed by atoms with van der Waals surface area (Å²) >= 11 is 1.59. The third-order valence-corrected chi connectivity index (χ3v) is 4.43. The van der Waals surface area contributed by atoms with Crippen molar-refractivity contribution in [3.05, 3.63) is 83.4 Å². The first-order chi connectivity index (χ1) is 10.8. The van der Waals surface area contributed by atoms with Gasteiger partial charge in [-0.3, -0.25) is 4.79 Å². The second-order valence-corrected chi connectivity index (χ2v) is 5.87. The molecule has 0 amide bonds. The molecule has 0 saturated carbocycles. The Balaban J connectivity index is 1.99. The van der Waals surface area contributed by atoms with E-state index >= 15 is 0 Å². The van der Waals surface area contributed by atoms with E-state index in [-0.39, 0.29) is 5.78 Å². The highest BCUT2D eigenvalue weighted by atomic mass is 32.1. The summed E-state index contributed by atoms with van der Waals surface area (Å²) in [5.41, 5.74) is 2.92. The van der Waals surface area contributed by atoms with E-state index in [0.717, 1.165) is 16.1 Å². The van der Waals surface area contributed by atoms with Crippen LogP contribution in [-0.4, -0.2) is 15.4 Å². The molecule has 0 atom stereocenters. The van der Waals surface area contributed by atoms with E-state index in [4.69, 9.17) is 0 Å². The Morgan fingerprint density at radius 2 is 1.77 bits per heavy atom. The average molecular weight is 304 g/mol. The molecule has 0 bridgehead atoms. The minimum Gasteiger partial charge on any atom is -0.288 e. The van der Waals surface area contributed by atoms with Crippen LogP contribution in [-0.2, 0) is 0 Å². The molecule has 22 heavy (non-hydrogen) atoms. The zero-order chi connectivity index (χ0) is 14.9. The van der Waals surface area contributed by atoms with Crippen molar-refractivity contribution in [2.24, 2.45) is 0 Å². The van der Waals surface area contributed by atoms with Gasteiger partial charge in [-0.1, -0.05) is 42.5 Å². The van der Waals surface area contributed by atoms with E-state index in [1.165, 1.54) is 0 Å². The van der Waals surface area contributed by atoms with Crippen LogP contribution in [0.25, 0.3) is 16.1 Å². The van der Waals surface area contributed by atoms with E-state index in [0.29, 0.717) is 11.1 Å². The van der Waals surface area contributed by atoms with Gasteiger partial charge < -0.3 is 0 Å². The largest absolute Gasteiger partial charge is 0.288 e. The molecule has 4 rings (SSSR count). The lowest BCUT2D eigenvalue weighted by molar-refractivity contribution is 0.104. The van der Waals surface area contributed by atoms with Crippen LogP contribution >= 0.6 is 11.3 Å². The fourth-order valence-electron chi connectivity index (χ4n) is 2.54. The molecule has 3 nitrogen and oxygen atoms in total. The molecule has 0 aliphatic rings. The summed E-state index contributed by atoms with van der Waals surface area (Å²) in [6.07, 6.45) is 1.87. The second-order valence-electron chi connectivity index (χ2n) is 4.93. The topological polar surface area (TPSA) is 34.4 Å². The van der Waals surface area contributed by atoms with E-state index in [1.54, 1.807) is 15.9 Å². The van der Waals surface area contributed by atoms with Crippen molar-refractivity contribution >= 4 is 22.6 Å². The van der Waals surface area contributed by atoms with Crippen molar-refractivity contribution in [1.29, 1.82) is 0 Å². The number of rotatable bonds is 3. The highest BCUT2D eigenvalue weighted by Gasteiger charge is 2.22. The van der Waals surface area contributed by atoms with Crippen LogP contribution in [0.5, 0.6) is 0 Å². The van der Waals surface area contributed by atoms with Gasteiger partial charge in [-0.05, 0) is 23.6 Å². The smallest absolute Gasteiger partial charge is 0.197 e. The van der Waals surface area contributed by atoms with Gasteiger partial charge in [0.25, 0.3) is 0 Å². The van der Waals surface area contributed by atoms with Crippen LogP contribution in [0.2, 0.25) is 0 Å². The standard InChI is InChI=1S/C18H12N2OS/c21-18(13-7-2-1-3-8-13)16-14-9-4-5-11-20(14)19-17(16)15-10-6-12-22-15/h1-12H. The number of ketones is 1. The summed E-state index contributed by atoms with van der Waals surface area (Å²) < 4.78 is 1.77. The van der Waals surface area contributed by atoms with Crippen LogP contribution in [0, 0.1) is 0 Å². The Kier molecular flexibility index (Phi) is 3.09. The maximum Gasteiger partial charge on any atom is 0.197 e. The predicted octanol–water partition coefficient (Wildman–Crippen LogP) is 4.29. The molecule has 4 aromatic rings. The highest BCUT2D eigenvalue weighted by molar-refractivity contribution is 7.13. The zero-order valence-electron chi connectivity index (χ0n) is 11.6. The molecular weight excluding hydrogens is 292 g/mol. The third kappa shape index (κ3) is 2.05. The number of nitrogens with zero attached hydrogens (tertiary/aromatic N) is 2. The van der Waals surface area contributed by atoms with Crippen LogP contribution in [0.1, 0.15) is 15.9 Å². The van der Waals surface area contributed by atoms with Gasteiger partial charge >= 0.3 is 0 Å². The van der Waals surface area contributed by atoms with Gasteiger partial charge in [-0.15, -0.1) is 11.3 Å². The highest BCUT2D eigenvalue weighted by Crippen LogP contribution is 2.31. The molecule has 0 spiro atoms. The maximum atomic E-state index is 13.0. The number of aromatic nitrogens is 2. The van der Waals surface area contributed by atoms with Crippen molar-refractivity contribution in [1.82, 2.24) is 9.61 Å². The lowest BCUT2D eigenvalue weighted by Gasteiger charge is -2.01. The van der Waals surface area contributed by atoms with Gasteiger partial charge in [-0.2, -0.15) is 5.10 Å². The van der Waals surface area contributed by atoms with Gasteiger partial charge in [-0.25, -0.2) is 4.52 Å². The van der Waals surface area contributed by atoms with Crippen molar-refractivity contribution in [2.45, 2.75) is 0 Å². The minimum absolute atomic E-state index is 0.00481. The Hall–Kier alpha value is -2.72. The van der Waals surface area contributed by atoms with Crippen LogP contribution in [0.3, 0.4) is 0 Å². The minimum atomic E-state index is 0.00481. The number of hydrogen-bond donors (Lipinski definition) is 0. The molecule has 1 aromatic carbocycles. The van der Waals surface area contributed by atoms with Crippen molar-refractivity contribution in [3.8, 4) is 10.6 Å². The maximum absolute atomic E-state index is 13.0. The van der Waals surface area contributed by atoms with E-state index in [9.17, 15) is 4.79 Å². The average Bonchev–Trinajstić information content (AvgIpc) is 3.22. The molecule has 0 saturated heterocycles. The van der Waals surface area contributed by atoms with Crippen LogP contribution < -0.4 is 0 Å². The van der Waals surface area contributed by atoms with Crippen molar-refractivity contribution < 1.29 is 4.79 Å². The van der Waals surface area contributed by atoms with E-state index in [1.807, 2.05) is 72.2 Å². The molecule has 4 heteroatoms. The Labute approximate surface area is 131 Å². The monoisotopic (exact) mass is 304 g/mol. The lowest BCUT2D eigenvalue weighted by atomic mass is 10.0. The third-order valence-electron chi connectivity index (χ3n) is 3.56. The first-order valence-electron chi connectivity index (χ1n) is 6.95. The number of hydrogen-bond acceptors (Lipinski definition) is 3. The molecule has 3 heterocycles. The summed E-state index contributed by atoms with van der Waals surface area (Å²) in [5, 5.41) is 6.60. The number of carbonyl (C=O) groups excluding carboxylic acids is 1. The summed E-state index contributed by atoms with van der Waals surface area (Å²) in [5.74, 6) is 0.00481. The number of pyridine rings is 1. The molecule has 3 aromatic heterocycles. The summed E-state index contributed by atoms with van der Waals surface area (Å²) in [4.78, 5) is 14.0. The number of benzene rings is 1. The van der Waals surface area contributed by atoms with Gasteiger partial charge in [0, 0.05) is 11.8 Å². The quantitative estimate of drug-likeness (QED) is 0.529. The molecule has 0 fully saturated rings. The normalized spacial score (nSPS) is 10.9. The lowest BCUT2D eigenvalue weighted by Crippen LogP contribution is -2.02. The fourth-order valence-corrected chi connectivity index (χ4v) is 3.26. The Morgan fingerprint density at radius 1 is 0.955 bits per heavy atom. The molecule has 106 valence electrons. The summed E-state index contributed by atoms with van der Waals surface area (Å²) in [6.45, 7) is 0. The fraction of sp³-hybridized carbons (Fsp3) is 0. The van der Waals surface area contributed by atoms with Gasteiger partial charge in [0.1, 0.15) is 5.69 Å². The van der Waals surface area contributed by atoms with Crippen molar-refractivity contribution in [2.75, 3.05) is 0 Å². The number of thiophene rings is 1. The molecule has 0 N–H and O–H groups in total. The summed E-state index contributed by atoms with van der Waals surface area (Å²) in [7, 11) is 0. The molecule has 0 unspecified atom stereocenters. The molecule has 0 radical (unpaired) electrons. The van der Waals surface area contributed by atoms with Crippen LogP contribution in [0.15, 0.2) is 72.2 Å².